The number of methoxy groups -OCH3 is 3. The molecule has 0 saturated carbocycles. The number of ether oxygens (including phenoxy) is 3. The number of amides is 1. The van der Waals surface area contributed by atoms with Crippen LogP contribution < -0.4 is 24.8 Å². The first-order valence-electron chi connectivity index (χ1n) is 11.9. The second kappa shape index (κ2) is 10.9. The van der Waals surface area contributed by atoms with E-state index in [9.17, 15) is 4.79 Å². The fraction of sp³-hybridized carbons (Fsp3) is 0.138. The van der Waals surface area contributed by atoms with Crippen molar-refractivity contribution in [1.29, 1.82) is 0 Å². The highest BCUT2D eigenvalue weighted by Gasteiger charge is 2.16. The summed E-state index contributed by atoms with van der Waals surface area (Å²) in [6.07, 6.45) is 2.17. The van der Waals surface area contributed by atoms with Crippen LogP contribution in [0.5, 0.6) is 17.2 Å². The Hall–Kier alpha value is -5.05. The van der Waals surface area contributed by atoms with Crippen molar-refractivity contribution in [2.24, 2.45) is 0 Å². The van der Waals surface area contributed by atoms with Crippen LogP contribution in [0.2, 0.25) is 0 Å². The molecule has 1 amide bonds. The van der Waals surface area contributed by atoms with E-state index in [0.717, 1.165) is 22.2 Å². The number of nitrogens with zero attached hydrogens (tertiary/aromatic N) is 3. The molecule has 0 fully saturated rings. The summed E-state index contributed by atoms with van der Waals surface area (Å²) in [7, 11) is 4.69. The molecule has 0 aliphatic heterocycles. The number of hydrogen-bond donors (Lipinski definition) is 2. The highest BCUT2D eigenvalue weighted by atomic mass is 16.5. The standard InChI is InChI=1S/C29H27N5O4/c1-36-24-16-21(17-25(37-2)29(24)38-3)30-26-13-14-27(33-32-26)34-18-19(22-11-7-8-12-23(22)34)15-28(35)31-20-9-5-4-6-10-20/h4-14,16-18H,15H2,1-3H3,(H,30,32)(H,31,35). The molecule has 0 atom stereocenters. The van der Waals surface area contributed by atoms with Crippen molar-refractivity contribution in [2.75, 3.05) is 32.0 Å². The zero-order valence-electron chi connectivity index (χ0n) is 21.3. The van der Waals surface area contributed by atoms with E-state index in [4.69, 9.17) is 14.2 Å². The highest BCUT2D eigenvalue weighted by Crippen LogP contribution is 2.40. The predicted molar refractivity (Wildman–Crippen MR) is 147 cm³/mol. The molecule has 0 aliphatic rings. The van der Waals surface area contributed by atoms with Crippen molar-refractivity contribution in [1.82, 2.24) is 14.8 Å². The van der Waals surface area contributed by atoms with Gasteiger partial charge in [0.25, 0.3) is 0 Å². The smallest absolute Gasteiger partial charge is 0.228 e. The van der Waals surface area contributed by atoms with Gasteiger partial charge in [-0.15, -0.1) is 10.2 Å². The molecule has 0 bridgehead atoms. The summed E-state index contributed by atoms with van der Waals surface area (Å²) in [6, 6.07) is 24.6. The van der Waals surface area contributed by atoms with Gasteiger partial charge in [0.15, 0.2) is 23.1 Å². The first-order valence-corrected chi connectivity index (χ1v) is 11.9. The Kier molecular flexibility index (Phi) is 7.08. The topological polar surface area (TPSA) is 99.5 Å². The summed E-state index contributed by atoms with van der Waals surface area (Å²) < 4.78 is 18.2. The fourth-order valence-corrected chi connectivity index (χ4v) is 4.30. The van der Waals surface area contributed by atoms with E-state index in [-0.39, 0.29) is 12.3 Å². The van der Waals surface area contributed by atoms with E-state index in [1.54, 1.807) is 33.5 Å². The normalized spacial score (nSPS) is 10.7. The van der Waals surface area contributed by atoms with Gasteiger partial charge in [-0.2, -0.15) is 0 Å². The van der Waals surface area contributed by atoms with Gasteiger partial charge in [0.05, 0.1) is 33.3 Å². The summed E-state index contributed by atoms with van der Waals surface area (Å²) in [6.45, 7) is 0. The minimum atomic E-state index is -0.0879. The maximum atomic E-state index is 12.7. The molecular formula is C29H27N5O4. The molecule has 3 aromatic carbocycles. The monoisotopic (exact) mass is 509 g/mol. The minimum Gasteiger partial charge on any atom is -0.493 e. The Bertz CT molecular complexity index is 1540. The number of rotatable bonds is 9. The van der Waals surface area contributed by atoms with Crippen LogP contribution in [0, 0.1) is 0 Å². The predicted octanol–water partition coefficient (Wildman–Crippen LogP) is 5.37. The van der Waals surface area contributed by atoms with Crippen LogP contribution in [0.25, 0.3) is 16.7 Å². The Balaban J connectivity index is 1.39. The number of carbonyl (C=O) groups excluding carboxylic acids is 1. The fourth-order valence-electron chi connectivity index (χ4n) is 4.30. The lowest BCUT2D eigenvalue weighted by Gasteiger charge is -2.14. The third kappa shape index (κ3) is 5.08. The number of anilines is 3. The second-order valence-electron chi connectivity index (χ2n) is 8.45. The van der Waals surface area contributed by atoms with Crippen molar-refractivity contribution < 1.29 is 19.0 Å². The molecule has 2 aromatic heterocycles. The van der Waals surface area contributed by atoms with Gasteiger partial charge < -0.3 is 24.8 Å². The minimum absolute atomic E-state index is 0.0879. The summed E-state index contributed by atoms with van der Waals surface area (Å²) >= 11 is 0. The van der Waals surface area contributed by atoms with Gasteiger partial charge in [-0.25, -0.2) is 0 Å². The van der Waals surface area contributed by atoms with Crippen LogP contribution in [0.4, 0.5) is 17.2 Å². The largest absolute Gasteiger partial charge is 0.493 e. The molecular weight excluding hydrogens is 482 g/mol. The van der Waals surface area contributed by atoms with Crippen LogP contribution in [0.3, 0.4) is 0 Å². The van der Waals surface area contributed by atoms with Crippen molar-refractivity contribution in [3.05, 3.63) is 90.6 Å². The van der Waals surface area contributed by atoms with Gasteiger partial charge in [-0.1, -0.05) is 36.4 Å². The van der Waals surface area contributed by atoms with Crippen molar-refractivity contribution >= 4 is 34.0 Å². The molecule has 0 unspecified atom stereocenters. The first-order chi connectivity index (χ1) is 18.6. The van der Waals surface area contributed by atoms with Crippen LogP contribution >= 0.6 is 0 Å². The third-order valence-electron chi connectivity index (χ3n) is 6.04. The summed E-state index contributed by atoms with van der Waals surface area (Å²) in [5.74, 6) is 2.65. The van der Waals surface area contributed by atoms with E-state index in [1.165, 1.54) is 0 Å². The maximum absolute atomic E-state index is 12.7. The molecule has 0 spiro atoms. The number of aromatic nitrogens is 3. The number of hydrogen-bond acceptors (Lipinski definition) is 7. The highest BCUT2D eigenvalue weighted by molar-refractivity contribution is 5.96. The summed E-state index contributed by atoms with van der Waals surface area (Å²) in [5, 5.41) is 16.0. The molecule has 0 saturated heterocycles. The van der Waals surface area contributed by atoms with E-state index >= 15 is 0 Å². The Morgan fingerprint density at radius 2 is 1.53 bits per heavy atom. The molecule has 2 heterocycles. The van der Waals surface area contributed by atoms with E-state index in [1.807, 2.05) is 77.5 Å². The quantitative estimate of drug-likeness (QED) is 0.276. The number of carbonyl (C=O) groups is 1. The van der Waals surface area contributed by atoms with E-state index < -0.39 is 0 Å². The number of benzene rings is 3. The third-order valence-corrected chi connectivity index (χ3v) is 6.04. The molecule has 0 aliphatic carbocycles. The molecule has 9 heteroatoms. The van der Waals surface area contributed by atoms with Gasteiger partial charge in [0.2, 0.25) is 11.7 Å². The number of para-hydroxylation sites is 2. The maximum Gasteiger partial charge on any atom is 0.228 e. The Labute approximate surface area is 220 Å². The van der Waals surface area contributed by atoms with Gasteiger partial charge in [0, 0.05) is 35.1 Å². The zero-order valence-corrected chi connectivity index (χ0v) is 21.3. The van der Waals surface area contributed by atoms with Crippen molar-refractivity contribution in [3.8, 4) is 23.1 Å². The average Bonchev–Trinajstić information content (AvgIpc) is 3.31. The number of fused-ring (bicyclic) bond motifs is 1. The van der Waals surface area contributed by atoms with E-state index in [0.29, 0.717) is 34.6 Å². The Morgan fingerprint density at radius 3 is 2.18 bits per heavy atom. The van der Waals surface area contributed by atoms with Crippen LogP contribution in [0.15, 0.2) is 85.1 Å². The first kappa shape index (κ1) is 24.6. The summed E-state index contributed by atoms with van der Waals surface area (Å²) in [4.78, 5) is 12.7. The lowest BCUT2D eigenvalue weighted by atomic mass is 10.1. The van der Waals surface area contributed by atoms with Crippen LogP contribution in [0.1, 0.15) is 5.56 Å². The van der Waals surface area contributed by atoms with Gasteiger partial charge >= 0.3 is 0 Å². The van der Waals surface area contributed by atoms with Gasteiger partial charge in [-0.3, -0.25) is 9.36 Å². The summed E-state index contributed by atoms with van der Waals surface area (Å²) in [5.41, 5.74) is 3.31. The second-order valence-corrected chi connectivity index (χ2v) is 8.45. The molecule has 0 radical (unpaired) electrons. The van der Waals surface area contributed by atoms with Gasteiger partial charge in [0.1, 0.15) is 0 Å². The van der Waals surface area contributed by atoms with E-state index in [2.05, 4.69) is 20.8 Å². The molecule has 38 heavy (non-hydrogen) atoms. The van der Waals surface area contributed by atoms with Crippen molar-refractivity contribution in [3.63, 3.8) is 0 Å². The molecule has 9 nitrogen and oxygen atoms in total. The molecule has 5 aromatic rings. The zero-order chi connectivity index (χ0) is 26.5. The van der Waals surface area contributed by atoms with Crippen molar-refractivity contribution in [2.45, 2.75) is 6.42 Å². The molecule has 5 rings (SSSR count). The average molecular weight is 510 g/mol. The van der Waals surface area contributed by atoms with Gasteiger partial charge in [-0.05, 0) is 35.9 Å². The lowest BCUT2D eigenvalue weighted by Crippen LogP contribution is -2.14. The molecule has 192 valence electrons. The van der Waals surface area contributed by atoms with Crippen LogP contribution in [-0.2, 0) is 11.2 Å². The lowest BCUT2D eigenvalue weighted by molar-refractivity contribution is -0.115. The Morgan fingerprint density at radius 1 is 0.816 bits per heavy atom. The molecule has 2 N–H and O–H groups in total. The van der Waals surface area contributed by atoms with Crippen LogP contribution in [-0.4, -0.2) is 42.0 Å². The number of nitrogens with one attached hydrogen (secondary N) is 2. The SMILES string of the molecule is COc1cc(Nc2ccc(-n3cc(CC(=O)Nc4ccccc4)c4ccccc43)nn2)cc(OC)c1OC.